The van der Waals surface area contributed by atoms with Gasteiger partial charge in [-0.2, -0.15) is 0 Å². The lowest BCUT2D eigenvalue weighted by atomic mass is 10.1. The molecular formula is C22H22ClN3O3. The molecule has 150 valence electrons. The van der Waals surface area contributed by atoms with Gasteiger partial charge in [0.1, 0.15) is 5.75 Å². The van der Waals surface area contributed by atoms with Crippen molar-refractivity contribution >= 4 is 34.8 Å². The highest BCUT2D eigenvalue weighted by molar-refractivity contribution is 6.33. The Hall–Kier alpha value is -3.25. The summed E-state index contributed by atoms with van der Waals surface area (Å²) in [6, 6.07) is 12.4. The Morgan fingerprint density at radius 1 is 1.10 bits per heavy atom. The fourth-order valence-electron chi connectivity index (χ4n) is 2.86. The third kappa shape index (κ3) is 4.60. The van der Waals surface area contributed by atoms with E-state index in [2.05, 4.69) is 10.6 Å². The smallest absolute Gasteiger partial charge is 0.259 e. The average Bonchev–Trinajstić information content (AvgIpc) is 3.24. The molecule has 0 aliphatic carbocycles. The number of rotatable bonds is 6. The van der Waals surface area contributed by atoms with Gasteiger partial charge in [-0.3, -0.25) is 9.59 Å². The Kier molecular flexibility index (Phi) is 6.24. The van der Waals surface area contributed by atoms with Gasteiger partial charge in [0.15, 0.2) is 0 Å². The van der Waals surface area contributed by atoms with E-state index >= 15 is 0 Å². The highest BCUT2D eigenvalue weighted by Gasteiger charge is 2.18. The number of aromatic nitrogens is 1. The van der Waals surface area contributed by atoms with E-state index < -0.39 is 0 Å². The van der Waals surface area contributed by atoms with Gasteiger partial charge in [0.05, 0.1) is 23.4 Å². The molecule has 0 bridgehead atoms. The van der Waals surface area contributed by atoms with Crippen molar-refractivity contribution in [1.29, 1.82) is 0 Å². The number of carbonyl (C=O) groups excluding carboxylic acids is 2. The van der Waals surface area contributed by atoms with E-state index in [0.29, 0.717) is 39.8 Å². The number of benzene rings is 2. The molecule has 6 nitrogen and oxygen atoms in total. The van der Waals surface area contributed by atoms with E-state index in [4.69, 9.17) is 16.3 Å². The van der Waals surface area contributed by atoms with Gasteiger partial charge in [0, 0.05) is 36.3 Å². The first kappa shape index (κ1) is 20.5. The molecule has 2 aromatic carbocycles. The molecular weight excluding hydrogens is 390 g/mol. The van der Waals surface area contributed by atoms with Crippen molar-refractivity contribution in [3.8, 4) is 11.4 Å². The van der Waals surface area contributed by atoms with Crippen LogP contribution in [-0.2, 0) is 4.79 Å². The Balaban J connectivity index is 1.90. The van der Waals surface area contributed by atoms with Gasteiger partial charge in [-0.15, -0.1) is 0 Å². The number of aryl methyl sites for hydroxylation is 1. The van der Waals surface area contributed by atoms with Crippen molar-refractivity contribution in [3.05, 3.63) is 71.0 Å². The van der Waals surface area contributed by atoms with Gasteiger partial charge >= 0.3 is 0 Å². The second-order valence-corrected chi connectivity index (χ2v) is 6.89. The summed E-state index contributed by atoms with van der Waals surface area (Å²) in [7, 11) is 1.51. The normalized spacial score (nSPS) is 10.5. The second-order valence-electron chi connectivity index (χ2n) is 6.48. The first-order chi connectivity index (χ1) is 13.9. The van der Waals surface area contributed by atoms with Crippen LogP contribution in [0.25, 0.3) is 5.69 Å². The minimum atomic E-state index is -0.357. The Labute approximate surface area is 174 Å². The molecule has 0 fully saturated rings. The second kappa shape index (κ2) is 8.84. The van der Waals surface area contributed by atoms with Crippen LogP contribution in [0.5, 0.6) is 5.75 Å². The monoisotopic (exact) mass is 411 g/mol. The summed E-state index contributed by atoms with van der Waals surface area (Å²) in [4.78, 5) is 24.6. The lowest BCUT2D eigenvalue weighted by molar-refractivity contribution is -0.115. The summed E-state index contributed by atoms with van der Waals surface area (Å²) in [5, 5.41) is 6.09. The average molecular weight is 412 g/mol. The maximum atomic E-state index is 12.9. The zero-order valence-corrected chi connectivity index (χ0v) is 17.2. The van der Waals surface area contributed by atoms with Crippen molar-refractivity contribution in [1.82, 2.24) is 4.57 Å². The van der Waals surface area contributed by atoms with Crippen molar-refractivity contribution in [2.75, 3.05) is 17.7 Å². The molecule has 2 N–H and O–H groups in total. The summed E-state index contributed by atoms with van der Waals surface area (Å²) >= 11 is 6.42. The van der Waals surface area contributed by atoms with Gasteiger partial charge in [-0.25, -0.2) is 0 Å². The Morgan fingerprint density at radius 3 is 2.48 bits per heavy atom. The molecule has 0 spiro atoms. The highest BCUT2D eigenvalue weighted by Crippen LogP contribution is 2.31. The maximum Gasteiger partial charge on any atom is 0.259 e. The molecule has 0 aliphatic rings. The fourth-order valence-corrected chi connectivity index (χ4v) is 3.12. The van der Waals surface area contributed by atoms with E-state index in [1.807, 2.05) is 42.1 Å². The van der Waals surface area contributed by atoms with E-state index in [1.165, 1.54) is 7.11 Å². The molecule has 1 heterocycles. The zero-order chi connectivity index (χ0) is 21.0. The third-order valence-electron chi connectivity index (χ3n) is 4.49. The molecule has 0 saturated heterocycles. The van der Waals surface area contributed by atoms with Crippen LogP contribution in [0.15, 0.2) is 54.9 Å². The van der Waals surface area contributed by atoms with Crippen molar-refractivity contribution in [3.63, 3.8) is 0 Å². The molecule has 0 aliphatic heterocycles. The van der Waals surface area contributed by atoms with Crippen LogP contribution >= 0.6 is 11.6 Å². The number of nitrogens with zero attached hydrogens (tertiary/aromatic N) is 1. The molecule has 0 saturated carbocycles. The number of carbonyl (C=O) groups is 2. The number of nitrogens with one attached hydrogen (secondary N) is 2. The number of amides is 2. The zero-order valence-electron chi connectivity index (χ0n) is 16.5. The molecule has 7 heteroatoms. The Bertz CT molecular complexity index is 1050. The lowest BCUT2D eigenvalue weighted by Gasteiger charge is -2.15. The van der Waals surface area contributed by atoms with Crippen LogP contribution < -0.4 is 15.4 Å². The SMILES string of the molecule is CCC(=O)Nc1ccc(C)c(NC(=O)c2cc(Cl)c(-n3cccc3)cc2OC)c1. The number of ether oxygens (including phenoxy) is 1. The first-order valence-corrected chi connectivity index (χ1v) is 9.53. The van der Waals surface area contributed by atoms with E-state index in [0.717, 1.165) is 5.56 Å². The molecule has 0 radical (unpaired) electrons. The van der Waals surface area contributed by atoms with Gasteiger partial charge < -0.3 is 19.9 Å². The number of hydrogen-bond donors (Lipinski definition) is 2. The van der Waals surface area contributed by atoms with Crippen LogP contribution in [0.3, 0.4) is 0 Å². The molecule has 3 rings (SSSR count). The molecule has 29 heavy (non-hydrogen) atoms. The van der Waals surface area contributed by atoms with E-state index in [1.54, 1.807) is 31.2 Å². The summed E-state index contributed by atoms with van der Waals surface area (Å²) in [6.07, 6.45) is 4.10. The van der Waals surface area contributed by atoms with Crippen molar-refractivity contribution in [2.45, 2.75) is 20.3 Å². The van der Waals surface area contributed by atoms with Crippen LogP contribution in [0.2, 0.25) is 5.02 Å². The van der Waals surface area contributed by atoms with Crippen LogP contribution in [0, 0.1) is 6.92 Å². The Morgan fingerprint density at radius 2 is 1.83 bits per heavy atom. The third-order valence-corrected chi connectivity index (χ3v) is 4.79. The molecule has 3 aromatic rings. The van der Waals surface area contributed by atoms with Gasteiger partial charge in [0.2, 0.25) is 5.91 Å². The van der Waals surface area contributed by atoms with Gasteiger partial charge in [0.25, 0.3) is 5.91 Å². The standard InChI is InChI=1S/C22H22ClN3O3/c1-4-21(27)24-15-8-7-14(2)18(11-15)25-22(28)16-12-17(23)19(13-20(16)29-3)26-9-5-6-10-26/h5-13H,4H2,1-3H3,(H,24,27)(H,25,28). The molecule has 1 aromatic heterocycles. The van der Waals surface area contributed by atoms with Gasteiger partial charge in [-0.05, 0) is 42.8 Å². The van der Waals surface area contributed by atoms with Crippen LogP contribution in [0.1, 0.15) is 29.3 Å². The predicted octanol–water partition coefficient (Wildman–Crippen LogP) is 5.05. The minimum absolute atomic E-state index is 0.0971. The van der Waals surface area contributed by atoms with Crippen molar-refractivity contribution < 1.29 is 14.3 Å². The summed E-state index contributed by atoms with van der Waals surface area (Å²) in [5.41, 5.74) is 3.10. The first-order valence-electron chi connectivity index (χ1n) is 9.15. The number of hydrogen-bond acceptors (Lipinski definition) is 3. The quantitative estimate of drug-likeness (QED) is 0.596. The largest absolute Gasteiger partial charge is 0.496 e. The number of halogens is 1. The number of methoxy groups -OCH3 is 1. The van der Waals surface area contributed by atoms with Crippen molar-refractivity contribution in [2.24, 2.45) is 0 Å². The molecule has 2 amide bonds. The summed E-state index contributed by atoms with van der Waals surface area (Å²) in [5.74, 6) is -0.0475. The van der Waals surface area contributed by atoms with Gasteiger partial charge in [-0.1, -0.05) is 24.6 Å². The summed E-state index contributed by atoms with van der Waals surface area (Å²) in [6.45, 7) is 3.65. The van der Waals surface area contributed by atoms with Crippen LogP contribution in [0.4, 0.5) is 11.4 Å². The fraction of sp³-hybridized carbons (Fsp3) is 0.182. The van der Waals surface area contributed by atoms with E-state index in [9.17, 15) is 9.59 Å². The summed E-state index contributed by atoms with van der Waals surface area (Å²) < 4.78 is 7.27. The van der Waals surface area contributed by atoms with Crippen LogP contribution in [-0.4, -0.2) is 23.5 Å². The minimum Gasteiger partial charge on any atom is -0.496 e. The molecule has 0 unspecified atom stereocenters. The highest BCUT2D eigenvalue weighted by atomic mass is 35.5. The predicted molar refractivity (Wildman–Crippen MR) is 115 cm³/mol. The number of anilines is 2. The maximum absolute atomic E-state index is 12.9. The topological polar surface area (TPSA) is 72.4 Å². The molecule has 0 atom stereocenters. The van der Waals surface area contributed by atoms with E-state index in [-0.39, 0.29) is 11.8 Å². The lowest BCUT2D eigenvalue weighted by Crippen LogP contribution is -2.15.